The van der Waals surface area contributed by atoms with Gasteiger partial charge in [0.25, 0.3) is 5.54 Å². The number of hydrogen-bond acceptors (Lipinski definition) is 1. The summed E-state index contributed by atoms with van der Waals surface area (Å²) in [6.45, 7) is 14.7. The largest absolute Gasteiger partial charge is 0.306 e. The van der Waals surface area contributed by atoms with Gasteiger partial charge in [-0.25, -0.2) is 6.57 Å². The van der Waals surface area contributed by atoms with Crippen molar-refractivity contribution in [1.29, 1.82) is 5.26 Å². The van der Waals surface area contributed by atoms with Gasteiger partial charge < -0.3 is 4.85 Å². The van der Waals surface area contributed by atoms with E-state index in [4.69, 9.17) is 11.8 Å². The van der Waals surface area contributed by atoms with Gasteiger partial charge in [-0.3, -0.25) is 0 Å². The first-order valence-electron chi connectivity index (χ1n) is 5.24. The lowest BCUT2D eigenvalue weighted by Crippen LogP contribution is -2.15. The third-order valence-electron chi connectivity index (χ3n) is 2.87. The van der Waals surface area contributed by atoms with Gasteiger partial charge in [-0.15, -0.1) is 0 Å². The molecule has 0 aliphatic heterocycles. The van der Waals surface area contributed by atoms with Crippen LogP contribution in [-0.2, 0) is 11.0 Å². The van der Waals surface area contributed by atoms with Crippen molar-refractivity contribution >= 4 is 0 Å². The van der Waals surface area contributed by atoms with Crippen molar-refractivity contribution < 1.29 is 0 Å². The highest BCUT2D eigenvalue weighted by Crippen LogP contribution is 2.28. The van der Waals surface area contributed by atoms with E-state index in [-0.39, 0.29) is 0 Å². The number of nitrogens with zero attached hydrogens (tertiary/aromatic N) is 2. The molecule has 0 aliphatic carbocycles. The first-order chi connectivity index (χ1) is 7.33. The van der Waals surface area contributed by atoms with Gasteiger partial charge in [0, 0.05) is 19.4 Å². The highest BCUT2D eigenvalue weighted by Gasteiger charge is 2.27. The van der Waals surface area contributed by atoms with E-state index in [0.29, 0.717) is 0 Å². The van der Waals surface area contributed by atoms with Crippen LogP contribution in [0.25, 0.3) is 4.85 Å². The Labute approximate surface area is 97.3 Å². The Balaban J connectivity index is 3.13. The molecule has 2 nitrogen and oxygen atoms in total. The van der Waals surface area contributed by atoms with Gasteiger partial charge in [0.05, 0.1) is 11.5 Å². The predicted molar refractivity (Wildman–Crippen MR) is 64.7 cm³/mol. The third-order valence-corrected chi connectivity index (χ3v) is 2.87. The van der Waals surface area contributed by atoms with Crippen LogP contribution in [-0.4, -0.2) is 0 Å². The molecule has 16 heavy (non-hydrogen) atoms. The maximum Gasteiger partial charge on any atom is 0.252 e. The summed E-state index contributed by atoms with van der Waals surface area (Å²) in [7, 11) is 0. The van der Waals surface area contributed by atoms with Crippen LogP contribution in [0.1, 0.15) is 38.8 Å². The Hall–Kier alpha value is -1.80. The Morgan fingerprint density at radius 3 is 1.88 bits per heavy atom. The minimum absolute atomic E-state index is 0.471. The molecule has 0 radical (unpaired) electrons. The lowest BCUT2D eigenvalue weighted by molar-refractivity contribution is 0.656. The van der Waals surface area contributed by atoms with Gasteiger partial charge >= 0.3 is 0 Å². The van der Waals surface area contributed by atoms with Crippen molar-refractivity contribution in [3.8, 4) is 6.07 Å². The summed E-state index contributed by atoms with van der Waals surface area (Å²) in [4.78, 5) is 3.59. The Kier molecular flexibility index (Phi) is 3.06. The SMILES string of the molecule is [C-]#[N+]C(C)(C)c1ccc(C(C)(C)C#N)cc1. The normalized spacial score (nSPS) is 11.6. The molecular weight excluding hydrogens is 196 g/mol. The van der Waals surface area contributed by atoms with Crippen LogP contribution < -0.4 is 0 Å². The van der Waals surface area contributed by atoms with Gasteiger partial charge in [0.15, 0.2) is 0 Å². The summed E-state index contributed by atoms with van der Waals surface area (Å²) < 4.78 is 0. The van der Waals surface area contributed by atoms with Crippen LogP contribution in [0.4, 0.5) is 0 Å². The van der Waals surface area contributed by atoms with E-state index in [1.807, 2.05) is 52.0 Å². The van der Waals surface area contributed by atoms with Crippen molar-refractivity contribution in [3.63, 3.8) is 0 Å². The van der Waals surface area contributed by atoms with Gasteiger partial charge in [0.1, 0.15) is 0 Å². The number of rotatable bonds is 2. The van der Waals surface area contributed by atoms with Gasteiger partial charge in [-0.05, 0) is 19.4 Å². The second-order valence-electron chi connectivity index (χ2n) is 4.98. The predicted octanol–water partition coefficient (Wildman–Crippen LogP) is 3.64. The molecule has 0 aliphatic rings. The van der Waals surface area contributed by atoms with Crippen molar-refractivity contribution in [3.05, 3.63) is 46.8 Å². The molecule has 0 amide bonds. The minimum atomic E-state index is -0.491. The summed E-state index contributed by atoms with van der Waals surface area (Å²) in [5.41, 5.74) is 1.01. The fourth-order valence-corrected chi connectivity index (χ4v) is 1.42. The zero-order valence-electron chi connectivity index (χ0n) is 10.2. The minimum Gasteiger partial charge on any atom is -0.306 e. The van der Waals surface area contributed by atoms with Gasteiger partial charge in [-0.2, -0.15) is 5.26 Å². The van der Waals surface area contributed by atoms with Crippen molar-refractivity contribution in [2.24, 2.45) is 0 Å². The summed E-state index contributed by atoms with van der Waals surface area (Å²) in [6.07, 6.45) is 0. The van der Waals surface area contributed by atoms with E-state index in [0.717, 1.165) is 11.1 Å². The maximum absolute atomic E-state index is 9.02. The Bertz CT molecular complexity index is 408. The van der Waals surface area contributed by atoms with Crippen LogP contribution in [0.2, 0.25) is 0 Å². The van der Waals surface area contributed by atoms with E-state index in [9.17, 15) is 0 Å². The van der Waals surface area contributed by atoms with Crippen LogP contribution in [0.5, 0.6) is 0 Å². The lowest BCUT2D eigenvalue weighted by Gasteiger charge is -2.17. The summed E-state index contributed by atoms with van der Waals surface area (Å²) in [5, 5.41) is 9.02. The molecule has 0 atom stereocenters. The molecule has 2 heteroatoms. The van der Waals surface area contributed by atoms with Crippen LogP contribution in [0.15, 0.2) is 24.3 Å². The zero-order chi connectivity index (χ0) is 12.4. The number of nitriles is 1. The van der Waals surface area contributed by atoms with E-state index < -0.39 is 11.0 Å². The van der Waals surface area contributed by atoms with Crippen LogP contribution >= 0.6 is 0 Å². The monoisotopic (exact) mass is 212 g/mol. The van der Waals surface area contributed by atoms with E-state index in [1.54, 1.807) is 0 Å². The van der Waals surface area contributed by atoms with Crippen molar-refractivity contribution in [2.45, 2.75) is 38.6 Å². The van der Waals surface area contributed by atoms with E-state index >= 15 is 0 Å². The average molecular weight is 212 g/mol. The first-order valence-corrected chi connectivity index (χ1v) is 5.24. The zero-order valence-corrected chi connectivity index (χ0v) is 10.2. The number of benzene rings is 1. The van der Waals surface area contributed by atoms with Crippen molar-refractivity contribution in [1.82, 2.24) is 0 Å². The third kappa shape index (κ3) is 2.23. The molecule has 0 saturated heterocycles. The molecule has 1 rings (SSSR count). The molecule has 1 aromatic carbocycles. The Morgan fingerprint density at radius 1 is 1.06 bits per heavy atom. The lowest BCUT2D eigenvalue weighted by atomic mass is 9.84. The second kappa shape index (κ2) is 3.99. The average Bonchev–Trinajstić information content (AvgIpc) is 2.29. The highest BCUT2D eigenvalue weighted by molar-refractivity contribution is 5.35. The van der Waals surface area contributed by atoms with Crippen LogP contribution in [0.3, 0.4) is 0 Å². The molecule has 0 fully saturated rings. The molecule has 0 spiro atoms. The summed E-state index contributed by atoms with van der Waals surface area (Å²) in [6, 6.07) is 10.0. The van der Waals surface area contributed by atoms with E-state index in [2.05, 4.69) is 10.9 Å². The molecule has 0 aromatic heterocycles. The molecule has 0 unspecified atom stereocenters. The second-order valence-corrected chi connectivity index (χ2v) is 4.98. The number of hydrogen-bond donors (Lipinski definition) is 0. The molecule has 0 heterocycles. The molecular formula is C14H16N2. The fourth-order valence-electron chi connectivity index (χ4n) is 1.42. The summed E-state index contributed by atoms with van der Waals surface area (Å²) in [5.74, 6) is 0. The Morgan fingerprint density at radius 2 is 1.50 bits per heavy atom. The van der Waals surface area contributed by atoms with Gasteiger partial charge in [-0.1, -0.05) is 24.3 Å². The molecule has 0 saturated carbocycles. The van der Waals surface area contributed by atoms with Crippen molar-refractivity contribution in [2.75, 3.05) is 0 Å². The summed E-state index contributed by atoms with van der Waals surface area (Å²) >= 11 is 0. The smallest absolute Gasteiger partial charge is 0.252 e. The molecule has 1 aromatic rings. The fraction of sp³-hybridized carbons (Fsp3) is 0.429. The first kappa shape index (κ1) is 12.3. The van der Waals surface area contributed by atoms with Gasteiger partial charge in [0.2, 0.25) is 0 Å². The quantitative estimate of drug-likeness (QED) is 0.688. The standard InChI is InChI=1S/C14H16N2/c1-13(2,10-15)11-6-8-12(9-7-11)14(3,4)16-5/h6-9H,1-4H3. The highest BCUT2D eigenvalue weighted by atomic mass is 14.8. The molecule has 0 N–H and O–H groups in total. The van der Waals surface area contributed by atoms with Crippen LogP contribution in [0, 0.1) is 17.9 Å². The maximum atomic E-state index is 9.02. The van der Waals surface area contributed by atoms with E-state index in [1.165, 1.54) is 0 Å². The molecule has 0 bridgehead atoms. The topological polar surface area (TPSA) is 28.1 Å². The molecule has 82 valence electrons.